The average molecular weight is 335 g/mol. The summed E-state index contributed by atoms with van der Waals surface area (Å²) in [7, 11) is 0. The van der Waals surface area contributed by atoms with Crippen LogP contribution in [0, 0.1) is 13.8 Å². The van der Waals surface area contributed by atoms with Crippen LogP contribution in [0.1, 0.15) is 23.6 Å². The summed E-state index contributed by atoms with van der Waals surface area (Å²) in [6.07, 6.45) is 1.50. The van der Waals surface area contributed by atoms with Gasteiger partial charge in [0.1, 0.15) is 4.47 Å². The molecule has 1 heterocycles. The molecular weight excluding hydrogens is 320 g/mol. The van der Waals surface area contributed by atoms with Crippen molar-refractivity contribution in [3.05, 3.63) is 55.9 Å². The second-order valence-electron chi connectivity index (χ2n) is 4.53. The largest absolute Gasteiger partial charge is 0.280 e. The van der Waals surface area contributed by atoms with Gasteiger partial charge in [-0.1, -0.05) is 12.1 Å². The molecule has 6 heteroatoms. The van der Waals surface area contributed by atoms with Gasteiger partial charge in [-0.15, -0.1) is 0 Å². The Morgan fingerprint density at radius 1 is 1.35 bits per heavy atom. The molecule has 0 saturated carbocycles. The molecule has 0 aliphatic heterocycles. The zero-order valence-electron chi connectivity index (χ0n) is 11.5. The maximum atomic E-state index is 11.4. The SMILES string of the molecule is C/C(=N\Nc1cn[nH]c(=O)c1Br)c1ccc(C)c(C)c1. The summed E-state index contributed by atoms with van der Waals surface area (Å²) < 4.78 is 0.379. The Balaban J connectivity index is 2.24. The van der Waals surface area contributed by atoms with E-state index in [0.29, 0.717) is 10.2 Å². The van der Waals surface area contributed by atoms with Crippen molar-refractivity contribution in [2.45, 2.75) is 20.8 Å². The first-order chi connectivity index (χ1) is 9.49. The summed E-state index contributed by atoms with van der Waals surface area (Å²) in [5, 5.41) is 10.3. The third-order valence-corrected chi connectivity index (χ3v) is 3.85. The highest BCUT2D eigenvalue weighted by molar-refractivity contribution is 9.10. The standard InChI is InChI=1S/C14H15BrN4O/c1-8-4-5-11(6-9(8)2)10(3)17-18-12-7-16-19-14(20)13(12)15/h4-7H,1-3H3,(H2,18,19,20)/b17-10+. The molecule has 0 bridgehead atoms. The molecule has 1 aromatic carbocycles. The Morgan fingerprint density at radius 3 is 2.80 bits per heavy atom. The van der Waals surface area contributed by atoms with Crippen LogP contribution in [0.4, 0.5) is 5.69 Å². The summed E-state index contributed by atoms with van der Waals surface area (Å²) >= 11 is 3.19. The molecule has 0 aliphatic carbocycles. The van der Waals surface area contributed by atoms with Crippen molar-refractivity contribution in [3.8, 4) is 0 Å². The van der Waals surface area contributed by atoms with Crippen molar-refractivity contribution in [1.29, 1.82) is 0 Å². The molecule has 0 amide bonds. The Bertz CT molecular complexity index is 721. The Labute approximate surface area is 125 Å². The number of nitrogens with one attached hydrogen (secondary N) is 2. The Kier molecular flexibility index (Phi) is 4.34. The van der Waals surface area contributed by atoms with Crippen LogP contribution in [0.3, 0.4) is 0 Å². The van der Waals surface area contributed by atoms with E-state index in [1.807, 2.05) is 13.0 Å². The smallest absolute Gasteiger partial charge is 0.275 e. The van der Waals surface area contributed by atoms with Gasteiger partial charge in [0.15, 0.2) is 0 Å². The van der Waals surface area contributed by atoms with Crippen LogP contribution in [-0.2, 0) is 0 Å². The van der Waals surface area contributed by atoms with Crippen molar-refractivity contribution in [2.75, 3.05) is 5.43 Å². The molecule has 0 spiro atoms. The number of halogens is 1. The van der Waals surface area contributed by atoms with Gasteiger partial charge in [-0.2, -0.15) is 10.2 Å². The lowest BCUT2D eigenvalue weighted by Crippen LogP contribution is -2.11. The molecule has 2 rings (SSSR count). The van der Waals surface area contributed by atoms with E-state index in [4.69, 9.17) is 0 Å². The number of aromatic amines is 1. The molecule has 0 saturated heterocycles. The number of aromatic nitrogens is 2. The minimum atomic E-state index is -0.297. The zero-order chi connectivity index (χ0) is 14.7. The van der Waals surface area contributed by atoms with E-state index in [-0.39, 0.29) is 5.56 Å². The summed E-state index contributed by atoms with van der Waals surface area (Å²) in [4.78, 5) is 11.4. The van der Waals surface area contributed by atoms with Gasteiger partial charge in [0, 0.05) is 0 Å². The van der Waals surface area contributed by atoms with Crippen LogP contribution in [0.5, 0.6) is 0 Å². The molecule has 0 atom stereocenters. The van der Waals surface area contributed by atoms with Gasteiger partial charge in [-0.25, -0.2) is 5.10 Å². The maximum Gasteiger partial charge on any atom is 0.280 e. The van der Waals surface area contributed by atoms with Crippen LogP contribution in [0.15, 0.2) is 38.8 Å². The molecule has 20 heavy (non-hydrogen) atoms. The van der Waals surface area contributed by atoms with E-state index in [2.05, 4.69) is 62.6 Å². The van der Waals surface area contributed by atoms with Crippen molar-refractivity contribution in [3.63, 3.8) is 0 Å². The second-order valence-corrected chi connectivity index (χ2v) is 5.33. The number of nitrogens with zero attached hydrogens (tertiary/aromatic N) is 2. The van der Waals surface area contributed by atoms with Gasteiger partial charge in [-0.3, -0.25) is 10.2 Å². The lowest BCUT2D eigenvalue weighted by molar-refractivity contribution is 0.976. The van der Waals surface area contributed by atoms with Crippen molar-refractivity contribution >= 4 is 27.3 Å². The number of rotatable bonds is 3. The first-order valence-electron chi connectivity index (χ1n) is 6.10. The van der Waals surface area contributed by atoms with Gasteiger partial charge < -0.3 is 0 Å². The topological polar surface area (TPSA) is 70.1 Å². The molecule has 5 nitrogen and oxygen atoms in total. The summed E-state index contributed by atoms with van der Waals surface area (Å²) in [6.45, 7) is 6.05. The molecule has 0 fully saturated rings. The highest BCUT2D eigenvalue weighted by Gasteiger charge is 2.04. The number of benzene rings is 1. The zero-order valence-corrected chi connectivity index (χ0v) is 13.1. The minimum absolute atomic E-state index is 0.297. The number of hydrogen-bond acceptors (Lipinski definition) is 4. The molecule has 1 aromatic heterocycles. The van der Waals surface area contributed by atoms with Crippen molar-refractivity contribution < 1.29 is 0 Å². The summed E-state index contributed by atoms with van der Waals surface area (Å²) in [5.74, 6) is 0. The third kappa shape index (κ3) is 3.14. The molecule has 104 valence electrons. The van der Waals surface area contributed by atoms with E-state index >= 15 is 0 Å². The molecule has 0 unspecified atom stereocenters. The van der Waals surface area contributed by atoms with Crippen LogP contribution in [-0.4, -0.2) is 15.9 Å². The van der Waals surface area contributed by atoms with Crippen LogP contribution in [0.25, 0.3) is 0 Å². The van der Waals surface area contributed by atoms with E-state index in [1.54, 1.807) is 0 Å². The molecule has 0 aliphatic rings. The first-order valence-corrected chi connectivity index (χ1v) is 6.89. The number of aryl methyl sites for hydroxylation is 2. The van der Waals surface area contributed by atoms with Crippen LogP contribution < -0.4 is 11.0 Å². The fourth-order valence-electron chi connectivity index (χ4n) is 1.64. The monoisotopic (exact) mass is 334 g/mol. The third-order valence-electron chi connectivity index (χ3n) is 3.06. The Morgan fingerprint density at radius 2 is 2.10 bits per heavy atom. The number of hydrazone groups is 1. The van der Waals surface area contributed by atoms with Gasteiger partial charge in [0.25, 0.3) is 5.56 Å². The quantitative estimate of drug-likeness (QED) is 0.669. The van der Waals surface area contributed by atoms with E-state index < -0.39 is 0 Å². The highest BCUT2D eigenvalue weighted by atomic mass is 79.9. The average Bonchev–Trinajstić information content (AvgIpc) is 2.43. The second kappa shape index (κ2) is 6.00. The van der Waals surface area contributed by atoms with E-state index in [9.17, 15) is 4.79 Å². The van der Waals surface area contributed by atoms with Crippen molar-refractivity contribution in [1.82, 2.24) is 10.2 Å². The van der Waals surface area contributed by atoms with E-state index in [1.165, 1.54) is 17.3 Å². The maximum absolute atomic E-state index is 11.4. The van der Waals surface area contributed by atoms with Gasteiger partial charge in [0.2, 0.25) is 0 Å². The first kappa shape index (κ1) is 14.5. The summed E-state index contributed by atoms with van der Waals surface area (Å²) in [5.41, 5.74) is 7.41. The Hall–Kier alpha value is -1.95. The lowest BCUT2D eigenvalue weighted by Gasteiger charge is -2.06. The van der Waals surface area contributed by atoms with Gasteiger partial charge in [-0.05, 0) is 59.5 Å². The molecule has 0 radical (unpaired) electrons. The van der Waals surface area contributed by atoms with E-state index in [0.717, 1.165) is 11.3 Å². The fourth-order valence-corrected chi connectivity index (χ4v) is 1.92. The van der Waals surface area contributed by atoms with Gasteiger partial charge in [0.05, 0.1) is 17.6 Å². The molecular formula is C14H15BrN4O. The summed E-state index contributed by atoms with van der Waals surface area (Å²) in [6, 6.07) is 6.17. The number of hydrogen-bond donors (Lipinski definition) is 2. The predicted octanol–water partition coefficient (Wildman–Crippen LogP) is 2.99. The normalized spacial score (nSPS) is 11.5. The minimum Gasteiger partial charge on any atom is -0.275 e. The van der Waals surface area contributed by atoms with Gasteiger partial charge >= 0.3 is 0 Å². The highest BCUT2D eigenvalue weighted by Crippen LogP contribution is 2.16. The molecule has 2 aromatic rings. The van der Waals surface area contributed by atoms with Crippen LogP contribution in [0.2, 0.25) is 0 Å². The number of H-pyrrole nitrogens is 1. The number of anilines is 1. The molecule has 2 N–H and O–H groups in total. The lowest BCUT2D eigenvalue weighted by atomic mass is 10.0. The predicted molar refractivity (Wildman–Crippen MR) is 84.3 cm³/mol. The van der Waals surface area contributed by atoms with Crippen molar-refractivity contribution in [2.24, 2.45) is 5.10 Å². The fraction of sp³-hybridized carbons (Fsp3) is 0.214. The van der Waals surface area contributed by atoms with Crippen LogP contribution >= 0.6 is 15.9 Å².